The van der Waals surface area contributed by atoms with Crippen molar-refractivity contribution in [3.05, 3.63) is 46.2 Å². The van der Waals surface area contributed by atoms with Crippen molar-refractivity contribution in [3.8, 4) is 5.82 Å². The van der Waals surface area contributed by atoms with Crippen molar-refractivity contribution in [1.82, 2.24) is 30.3 Å². The molecule has 29 heavy (non-hydrogen) atoms. The van der Waals surface area contributed by atoms with E-state index in [-0.39, 0.29) is 35.7 Å². The number of halogens is 1. The molecule has 0 aliphatic carbocycles. The van der Waals surface area contributed by atoms with E-state index >= 15 is 0 Å². The number of hydrogen-bond donors (Lipinski definition) is 1. The van der Waals surface area contributed by atoms with Crippen LogP contribution in [0.15, 0.2) is 34.0 Å². The van der Waals surface area contributed by atoms with Gasteiger partial charge in [-0.3, -0.25) is 4.79 Å². The summed E-state index contributed by atoms with van der Waals surface area (Å²) in [6, 6.07) is 6.94. The first-order chi connectivity index (χ1) is 14.0. The number of nitrogens with zero attached hydrogens (tertiary/aromatic N) is 7. The zero-order valence-electron chi connectivity index (χ0n) is 15.3. The topological polar surface area (TPSA) is 147 Å². The van der Waals surface area contributed by atoms with Crippen LogP contribution in [0.5, 0.6) is 0 Å². The fourth-order valence-electron chi connectivity index (χ4n) is 2.78. The number of nitrogens with two attached hydrogens (primary N) is 1. The minimum Gasteiger partial charge on any atom is -0.444 e. The Hall–Kier alpha value is -3.51. The van der Waals surface area contributed by atoms with Gasteiger partial charge in [-0.2, -0.15) is 9.69 Å². The van der Waals surface area contributed by atoms with E-state index in [2.05, 4.69) is 30.4 Å². The van der Waals surface area contributed by atoms with Gasteiger partial charge in [0.15, 0.2) is 5.69 Å². The van der Waals surface area contributed by atoms with Crippen LogP contribution in [0.25, 0.3) is 5.82 Å². The summed E-state index contributed by atoms with van der Waals surface area (Å²) in [5, 5.41) is 21.4. The quantitative estimate of drug-likeness (QED) is 0.646. The highest BCUT2D eigenvalue weighted by Gasteiger charge is 2.36. The van der Waals surface area contributed by atoms with Crippen LogP contribution in [0, 0.1) is 0 Å². The number of amides is 1. The third-order valence-corrected chi connectivity index (χ3v) is 4.28. The van der Waals surface area contributed by atoms with Crippen molar-refractivity contribution in [3.63, 3.8) is 0 Å². The van der Waals surface area contributed by atoms with Gasteiger partial charge in [0.05, 0.1) is 6.61 Å². The van der Waals surface area contributed by atoms with Crippen molar-refractivity contribution in [2.45, 2.75) is 19.8 Å². The predicted molar refractivity (Wildman–Crippen MR) is 98.7 cm³/mol. The van der Waals surface area contributed by atoms with Gasteiger partial charge in [0.2, 0.25) is 23.8 Å². The molecule has 0 saturated carbocycles. The van der Waals surface area contributed by atoms with E-state index in [1.165, 1.54) is 23.7 Å². The number of carbonyl (C=O) groups excluding carboxylic acids is 1. The molecule has 12 nitrogen and oxygen atoms in total. The number of nitrogen functional groups attached to an aromatic ring is 1. The van der Waals surface area contributed by atoms with Crippen molar-refractivity contribution < 1.29 is 18.9 Å². The molecule has 0 fully saturated rings. The van der Waals surface area contributed by atoms with Gasteiger partial charge in [-0.15, -0.1) is 10.2 Å². The SMILES string of the molecule is COCc1c(C2=NN(C(C)=O)[C@@H](c3cccc(Cl)c3)O2)nnn1-c1nonc1N. The smallest absolute Gasteiger partial charge is 0.263 e. The molecule has 1 amide bonds. The molecule has 2 N–H and O–H groups in total. The van der Waals surface area contributed by atoms with Crippen LogP contribution in [-0.4, -0.2) is 49.2 Å². The van der Waals surface area contributed by atoms with Gasteiger partial charge >= 0.3 is 0 Å². The maximum absolute atomic E-state index is 12.1. The minimum absolute atomic E-state index is 0.0234. The lowest BCUT2D eigenvalue weighted by Gasteiger charge is -2.19. The van der Waals surface area contributed by atoms with E-state index in [0.717, 1.165) is 0 Å². The zero-order valence-corrected chi connectivity index (χ0v) is 16.1. The largest absolute Gasteiger partial charge is 0.444 e. The lowest BCUT2D eigenvalue weighted by Crippen LogP contribution is -2.25. The summed E-state index contributed by atoms with van der Waals surface area (Å²) in [7, 11) is 1.50. The molecule has 1 aliphatic rings. The maximum atomic E-state index is 12.1. The van der Waals surface area contributed by atoms with Crippen LogP contribution in [0.3, 0.4) is 0 Å². The standard InChI is InChI=1S/C16H15ClN8O4/c1-8(26)24-16(9-4-3-5-10(17)6-9)28-15(20-24)12-11(7-27-2)25(23-19-12)14-13(18)21-29-22-14/h3-6,16H,7H2,1-2H3,(H2,18,21)/t16-/m1/s1. The Labute approximate surface area is 168 Å². The third-order valence-electron chi connectivity index (χ3n) is 4.04. The second-order valence-corrected chi connectivity index (χ2v) is 6.43. The van der Waals surface area contributed by atoms with Crippen LogP contribution in [0.1, 0.15) is 30.1 Å². The van der Waals surface area contributed by atoms with Crippen molar-refractivity contribution in [2.24, 2.45) is 5.10 Å². The monoisotopic (exact) mass is 418 g/mol. The van der Waals surface area contributed by atoms with Gasteiger partial charge in [-0.1, -0.05) is 28.9 Å². The molecule has 1 aromatic carbocycles. The molecule has 13 heteroatoms. The number of hydrazone groups is 1. The van der Waals surface area contributed by atoms with Crippen molar-refractivity contribution in [1.29, 1.82) is 0 Å². The molecular weight excluding hydrogens is 404 g/mol. The van der Waals surface area contributed by atoms with E-state index in [0.29, 0.717) is 16.3 Å². The van der Waals surface area contributed by atoms with E-state index in [4.69, 9.17) is 26.8 Å². The highest BCUT2D eigenvalue weighted by Crippen LogP contribution is 2.32. The third kappa shape index (κ3) is 3.39. The number of benzene rings is 1. The van der Waals surface area contributed by atoms with E-state index < -0.39 is 6.23 Å². The van der Waals surface area contributed by atoms with E-state index in [1.807, 2.05) is 0 Å². The Morgan fingerprint density at radius 2 is 2.21 bits per heavy atom. The molecule has 0 radical (unpaired) electrons. The summed E-state index contributed by atoms with van der Waals surface area (Å²) >= 11 is 6.07. The van der Waals surface area contributed by atoms with Crippen LogP contribution in [0.4, 0.5) is 5.82 Å². The summed E-state index contributed by atoms with van der Waals surface area (Å²) in [5.41, 5.74) is 7.09. The van der Waals surface area contributed by atoms with Crippen LogP contribution >= 0.6 is 11.6 Å². The van der Waals surface area contributed by atoms with Gasteiger partial charge in [-0.25, -0.2) is 4.63 Å². The normalized spacial score (nSPS) is 16.0. The first-order valence-corrected chi connectivity index (χ1v) is 8.70. The highest BCUT2D eigenvalue weighted by molar-refractivity contribution is 6.30. The first kappa shape index (κ1) is 18.8. The molecule has 3 aromatic rings. The number of methoxy groups -OCH3 is 1. The average molecular weight is 419 g/mol. The molecule has 0 unspecified atom stereocenters. The minimum atomic E-state index is -0.805. The molecule has 4 rings (SSSR count). The summed E-state index contributed by atoms with van der Waals surface area (Å²) in [5.74, 6) is -0.0754. The number of aromatic nitrogens is 5. The number of rotatable bonds is 5. The van der Waals surface area contributed by atoms with Crippen LogP contribution in [0.2, 0.25) is 5.02 Å². The summed E-state index contributed by atoms with van der Waals surface area (Å²) in [4.78, 5) is 12.1. The van der Waals surface area contributed by atoms with Gasteiger partial charge in [0.1, 0.15) is 5.69 Å². The molecule has 0 bridgehead atoms. The van der Waals surface area contributed by atoms with Gasteiger partial charge < -0.3 is 15.2 Å². The Bertz CT molecular complexity index is 1090. The molecule has 1 atom stereocenters. The number of carbonyl (C=O) groups is 1. The first-order valence-electron chi connectivity index (χ1n) is 8.32. The zero-order chi connectivity index (χ0) is 20.5. The molecule has 0 saturated heterocycles. The molecule has 0 spiro atoms. The lowest BCUT2D eigenvalue weighted by molar-refractivity contribution is -0.135. The Kier molecular flexibility index (Phi) is 4.86. The molecule has 150 valence electrons. The summed E-state index contributed by atoms with van der Waals surface area (Å²) in [6.07, 6.45) is -0.805. The second-order valence-electron chi connectivity index (χ2n) is 6.00. The number of anilines is 1. The highest BCUT2D eigenvalue weighted by atomic mass is 35.5. The predicted octanol–water partition coefficient (Wildman–Crippen LogP) is 1.27. The van der Waals surface area contributed by atoms with Gasteiger partial charge in [0, 0.05) is 24.6 Å². The summed E-state index contributed by atoms with van der Waals surface area (Å²) < 4.78 is 17.1. The number of ether oxygens (including phenoxy) is 2. The molecule has 3 heterocycles. The van der Waals surface area contributed by atoms with E-state index in [9.17, 15) is 4.79 Å². The Balaban J connectivity index is 1.75. The van der Waals surface area contributed by atoms with E-state index in [1.54, 1.807) is 24.3 Å². The van der Waals surface area contributed by atoms with Gasteiger partial charge in [-0.05, 0) is 22.4 Å². The van der Waals surface area contributed by atoms with Crippen LogP contribution < -0.4 is 5.73 Å². The number of hydrogen-bond acceptors (Lipinski definition) is 10. The fraction of sp³-hybridized carbons (Fsp3) is 0.250. The summed E-state index contributed by atoms with van der Waals surface area (Å²) in [6.45, 7) is 1.46. The second kappa shape index (κ2) is 7.48. The Morgan fingerprint density at radius 1 is 1.38 bits per heavy atom. The Morgan fingerprint density at radius 3 is 2.86 bits per heavy atom. The molecular formula is C16H15ClN8O4. The van der Waals surface area contributed by atoms with Crippen molar-refractivity contribution >= 4 is 29.2 Å². The molecule has 2 aromatic heterocycles. The fourth-order valence-corrected chi connectivity index (χ4v) is 2.98. The van der Waals surface area contributed by atoms with Crippen molar-refractivity contribution in [2.75, 3.05) is 12.8 Å². The maximum Gasteiger partial charge on any atom is 0.263 e. The van der Waals surface area contributed by atoms with Crippen LogP contribution in [-0.2, 0) is 20.9 Å². The average Bonchev–Trinajstić information content (AvgIpc) is 3.40. The van der Waals surface area contributed by atoms with Gasteiger partial charge in [0.25, 0.3) is 5.90 Å². The molecule has 1 aliphatic heterocycles. The lowest BCUT2D eigenvalue weighted by atomic mass is 10.2.